The molecule has 0 radical (unpaired) electrons. The van der Waals surface area contributed by atoms with Crippen LogP contribution in [0.4, 0.5) is 5.69 Å². The smallest absolute Gasteiger partial charge is 0.277 e. The van der Waals surface area contributed by atoms with Gasteiger partial charge in [-0.1, -0.05) is 60.7 Å². The summed E-state index contributed by atoms with van der Waals surface area (Å²) in [6.07, 6.45) is 1.59. The minimum absolute atomic E-state index is 0.195. The Balaban J connectivity index is 1.91. The topological polar surface area (TPSA) is 62.3 Å². The van der Waals surface area contributed by atoms with Gasteiger partial charge in [0.2, 0.25) is 0 Å². The third kappa shape index (κ3) is 4.71. The van der Waals surface area contributed by atoms with Crippen LogP contribution in [0.25, 0.3) is 0 Å². The maximum absolute atomic E-state index is 13.3. The molecule has 2 aromatic carbocycles. The van der Waals surface area contributed by atoms with E-state index in [0.717, 1.165) is 11.3 Å². The average Bonchev–Trinajstić information content (AvgIpc) is 2.76. The summed E-state index contributed by atoms with van der Waals surface area (Å²) in [7, 11) is 0. The van der Waals surface area contributed by atoms with Crippen molar-refractivity contribution < 1.29 is 9.59 Å². The fraction of sp³-hybridized carbons (Fsp3) is 0.0870. The number of benzene rings is 2. The number of hydrogen-bond acceptors (Lipinski definition) is 3. The molecule has 0 saturated carbocycles. The lowest BCUT2D eigenvalue weighted by Gasteiger charge is -2.23. The molecule has 28 heavy (non-hydrogen) atoms. The molecule has 0 fully saturated rings. The third-order valence-electron chi connectivity index (χ3n) is 4.10. The maximum Gasteiger partial charge on any atom is 0.277 e. The van der Waals surface area contributed by atoms with E-state index < -0.39 is 0 Å². The number of para-hydroxylation sites is 1. The molecule has 5 heteroatoms. The van der Waals surface area contributed by atoms with Crippen LogP contribution >= 0.6 is 0 Å². The Kier molecular flexibility index (Phi) is 6.31. The Morgan fingerprint density at radius 1 is 0.893 bits per heavy atom. The Hall–Kier alpha value is -3.73. The van der Waals surface area contributed by atoms with Crippen molar-refractivity contribution in [3.05, 3.63) is 108 Å². The van der Waals surface area contributed by atoms with Crippen LogP contribution in [0.5, 0.6) is 0 Å². The maximum atomic E-state index is 13.3. The van der Waals surface area contributed by atoms with Crippen LogP contribution in [-0.4, -0.2) is 23.3 Å². The lowest BCUT2D eigenvalue weighted by atomic mass is 10.1. The highest BCUT2D eigenvalue weighted by molar-refractivity contribution is 6.05. The van der Waals surface area contributed by atoms with Gasteiger partial charge < -0.3 is 10.2 Å². The number of amides is 2. The number of anilines is 1. The van der Waals surface area contributed by atoms with Gasteiger partial charge in [-0.25, -0.2) is 4.98 Å². The first-order valence-electron chi connectivity index (χ1n) is 8.96. The second kappa shape index (κ2) is 9.28. The fourth-order valence-corrected chi connectivity index (χ4v) is 2.73. The molecule has 1 heterocycles. The van der Waals surface area contributed by atoms with Crippen LogP contribution in [0, 0.1) is 0 Å². The molecule has 1 aromatic heterocycles. The molecule has 0 aliphatic heterocycles. The summed E-state index contributed by atoms with van der Waals surface area (Å²) in [4.78, 5) is 31.3. The van der Waals surface area contributed by atoms with Crippen LogP contribution in [0.1, 0.15) is 26.5 Å². The predicted octanol–water partition coefficient (Wildman–Crippen LogP) is 3.84. The van der Waals surface area contributed by atoms with Crippen LogP contribution in [0.3, 0.4) is 0 Å². The first kappa shape index (κ1) is 19.0. The zero-order chi connectivity index (χ0) is 19.8. The van der Waals surface area contributed by atoms with E-state index in [1.165, 1.54) is 0 Å². The standard InChI is InChI=1S/C23H21N3O2/c1-2-16-24-22(27)20-14-9-15-21(25-20)23(28)26(19-12-7-4-8-13-19)17-18-10-5-3-6-11-18/h2-15H,1,16-17H2,(H,24,27). The van der Waals surface area contributed by atoms with Gasteiger partial charge in [-0.2, -0.15) is 0 Å². The molecule has 5 nitrogen and oxygen atoms in total. The van der Waals surface area contributed by atoms with Crippen LogP contribution < -0.4 is 10.2 Å². The van der Waals surface area contributed by atoms with Crippen molar-refractivity contribution in [2.75, 3.05) is 11.4 Å². The van der Waals surface area contributed by atoms with E-state index in [1.807, 2.05) is 60.7 Å². The second-order valence-corrected chi connectivity index (χ2v) is 6.12. The molecule has 0 atom stereocenters. The van der Waals surface area contributed by atoms with Crippen LogP contribution in [-0.2, 0) is 6.54 Å². The summed E-state index contributed by atoms with van der Waals surface area (Å²) in [6.45, 7) is 4.31. The summed E-state index contributed by atoms with van der Waals surface area (Å²) in [5.74, 6) is -0.614. The molecule has 2 amide bonds. The van der Waals surface area contributed by atoms with E-state index in [0.29, 0.717) is 13.1 Å². The Bertz CT molecular complexity index is 956. The average molecular weight is 371 g/mol. The van der Waals surface area contributed by atoms with E-state index in [2.05, 4.69) is 16.9 Å². The molecule has 0 aliphatic carbocycles. The Morgan fingerprint density at radius 2 is 1.54 bits per heavy atom. The highest BCUT2D eigenvalue weighted by atomic mass is 16.2. The van der Waals surface area contributed by atoms with Crippen molar-refractivity contribution >= 4 is 17.5 Å². The van der Waals surface area contributed by atoms with Crippen molar-refractivity contribution in [2.45, 2.75) is 6.54 Å². The summed E-state index contributed by atoms with van der Waals surface area (Å²) in [5.41, 5.74) is 2.17. The number of nitrogens with zero attached hydrogens (tertiary/aromatic N) is 2. The SMILES string of the molecule is C=CCNC(=O)c1cccc(C(=O)N(Cc2ccccc2)c2ccccc2)n1. The summed E-state index contributed by atoms with van der Waals surface area (Å²) >= 11 is 0. The summed E-state index contributed by atoms with van der Waals surface area (Å²) in [6, 6.07) is 24.0. The Labute approximate surface area is 164 Å². The molecular formula is C23H21N3O2. The van der Waals surface area contributed by atoms with Crippen molar-refractivity contribution in [1.82, 2.24) is 10.3 Å². The second-order valence-electron chi connectivity index (χ2n) is 6.12. The van der Waals surface area contributed by atoms with Crippen molar-refractivity contribution in [3.8, 4) is 0 Å². The summed E-state index contributed by atoms with van der Waals surface area (Å²) < 4.78 is 0. The highest BCUT2D eigenvalue weighted by Gasteiger charge is 2.20. The van der Waals surface area contributed by atoms with Crippen molar-refractivity contribution in [3.63, 3.8) is 0 Å². The van der Waals surface area contributed by atoms with Gasteiger partial charge in [0.15, 0.2) is 0 Å². The minimum atomic E-state index is -0.344. The van der Waals surface area contributed by atoms with Gasteiger partial charge in [0.05, 0.1) is 6.54 Å². The Morgan fingerprint density at radius 3 is 2.21 bits per heavy atom. The number of carbonyl (C=O) groups excluding carboxylic acids is 2. The number of nitrogens with one attached hydrogen (secondary N) is 1. The van der Waals surface area contributed by atoms with E-state index in [4.69, 9.17) is 0 Å². The first-order valence-corrected chi connectivity index (χ1v) is 8.96. The van der Waals surface area contributed by atoms with Crippen molar-refractivity contribution in [2.24, 2.45) is 0 Å². The predicted molar refractivity (Wildman–Crippen MR) is 110 cm³/mol. The molecule has 1 N–H and O–H groups in total. The van der Waals surface area contributed by atoms with Gasteiger partial charge in [0.1, 0.15) is 11.4 Å². The molecule has 3 aromatic rings. The zero-order valence-corrected chi connectivity index (χ0v) is 15.4. The molecule has 0 unspecified atom stereocenters. The van der Waals surface area contributed by atoms with Crippen LogP contribution in [0.2, 0.25) is 0 Å². The highest BCUT2D eigenvalue weighted by Crippen LogP contribution is 2.19. The number of aromatic nitrogens is 1. The molecule has 0 aliphatic rings. The number of rotatable bonds is 7. The van der Waals surface area contributed by atoms with Gasteiger partial charge in [-0.15, -0.1) is 6.58 Å². The van der Waals surface area contributed by atoms with Crippen LogP contribution in [0.15, 0.2) is 91.5 Å². The van der Waals surface area contributed by atoms with Gasteiger partial charge in [-0.05, 0) is 29.8 Å². The minimum Gasteiger partial charge on any atom is -0.347 e. The normalized spacial score (nSPS) is 10.1. The van der Waals surface area contributed by atoms with E-state index in [-0.39, 0.29) is 23.2 Å². The first-order chi connectivity index (χ1) is 13.7. The van der Waals surface area contributed by atoms with Crippen molar-refractivity contribution in [1.29, 1.82) is 0 Å². The molecule has 0 bridgehead atoms. The van der Waals surface area contributed by atoms with Gasteiger partial charge in [0.25, 0.3) is 11.8 Å². The lowest BCUT2D eigenvalue weighted by Crippen LogP contribution is -2.32. The molecule has 0 spiro atoms. The van der Waals surface area contributed by atoms with E-state index in [9.17, 15) is 9.59 Å². The third-order valence-corrected chi connectivity index (χ3v) is 4.10. The van der Waals surface area contributed by atoms with E-state index >= 15 is 0 Å². The largest absolute Gasteiger partial charge is 0.347 e. The van der Waals surface area contributed by atoms with Gasteiger partial charge in [-0.3, -0.25) is 9.59 Å². The van der Waals surface area contributed by atoms with E-state index in [1.54, 1.807) is 29.2 Å². The molecular weight excluding hydrogens is 350 g/mol. The number of carbonyl (C=O) groups is 2. The van der Waals surface area contributed by atoms with Gasteiger partial charge >= 0.3 is 0 Å². The molecule has 140 valence electrons. The number of pyridine rings is 1. The monoisotopic (exact) mass is 371 g/mol. The lowest BCUT2D eigenvalue weighted by molar-refractivity contribution is 0.0952. The zero-order valence-electron chi connectivity index (χ0n) is 15.4. The van der Waals surface area contributed by atoms with Gasteiger partial charge in [0, 0.05) is 12.2 Å². The number of hydrogen-bond donors (Lipinski definition) is 1. The molecule has 3 rings (SSSR count). The quantitative estimate of drug-likeness (QED) is 0.642. The fourth-order valence-electron chi connectivity index (χ4n) is 2.73. The molecule has 0 saturated heterocycles. The summed E-state index contributed by atoms with van der Waals surface area (Å²) in [5, 5.41) is 2.67.